The monoisotopic (exact) mass is 339 g/mol. The van der Waals surface area contributed by atoms with Gasteiger partial charge in [0.15, 0.2) is 0 Å². The predicted molar refractivity (Wildman–Crippen MR) is 92.8 cm³/mol. The number of amides is 1. The fourth-order valence-electron chi connectivity index (χ4n) is 2.65. The Bertz CT molecular complexity index is 825. The molecule has 0 saturated carbocycles. The lowest BCUT2D eigenvalue weighted by atomic mass is 10.2. The Labute approximate surface area is 146 Å². The molecule has 0 aliphatic carbocycles. The standard InChI is InChI=1S/C18H21N5O2/c1-21-14-17(10-19-21)18(25)22(7-8-24)11-16-9-20-23(13-16)12-15-5-3-2-4-6-15/h2-6,9-10,13-14,24H,7-8,11-12H2,1H3. The van der Waals surface area contributed by atoms with Crippen LogP contribution >= 0.6 is 0 Å². The highest BCUT2D eigenvalue weighted by Crippen LogP contribution is 2.10. The van der Waals surface area contributed by atoms with Gasteiger partial charge in [-0.15, -0.1) is 0 Å². The molecule has 0 unspecified atom stereocenters. The largest absolute Gasteiger partial charge is 0.395 e. The van der Waals surface area contributed by atoms with E-state index in [1.165, 1.54) is 6.20 Å². The number of aliphatic hydroxyl groups excluding tert-OH is 1. The van der Waals surface area contributed by atoms with Gasteiger partial charge in [-0.05, 0) is 5.56 Å². The maximum absolute atomic E-state index is 12.6. The van der Waals surface area contributed by atoms with Crippen molar-refractivity contribution in [3.63, 3.8) is 0 Å². The van der Waals surface area contributed by atoms with Gasteiger partial charge in [0.1, 0.15) is 0 Å². The average Bonchev–Trinajstić information content (AvgIpc) is 3.24. The Morgan fingerprint density at radius 3 is 2.60 bits per heavy atom. The van der Waals surface area contributed by atoms with Gasteiger partial charge in [0.05, 0.1) is 31.1 Å². The summed E-state index contributed by atoms with van der Waals surface area (Å²) < 4.78 is 3.43. The molecule has 1 N–H and O–H groups in total. The first-order valence-corrected chi connectivity index (χ1v) is 8.10. The van der Waals surface area contributed by atoms with Gasteiger partial charge in [-0.2, -0.15) is 10.2 Å². The molecule has 0 aliphatic rings. The third-order valence-electron chi connectivity index (χ3n) is 3.86. The van der Waals surface area contributed by atoms with Crippen molar-refractivity contribution in [2.24, 2.45) is 7.05 Å². The molecule has 25 heavy (non-hydrogen) atoms. The van der Waals surface area contributed by atoms with E-state index < -0.39 is 0 Å². The topological polar surface area (TPSA) is 76.2 Å². The normalized spacial score (nSPS) is 10.8. The van der Waals surface area contributed by atoms with Crippen LogP contribution < -0.4 is 0 Å². The number of rotatable bonds is 7. The molecule has 7 heteroatoms. The number of carbonyl (C=O) groups excluding carboxylic acids is 1. The summed E-state index contributed by atoms with van der Waals surface area (Å²) in [6.07, 6.45) is 6.88. The second-order valence-corrected chi connectivity index (χ2v) is 5.88. The van der Waals surface area contributed by atoms with Crippen LogP contribution in [0.1, 0.15) is 21.5 Å². The lowest BCUT2D eigenvalue weighted by molar-refractivity contribution is 0.0707. The molecule has 0 spiro atoms. The van der Waals surface area contributed by atoms with Crippen molar-refractivity contribution in [1.82, 2.24) is 24.5 Å². The van der Waals surface area contributed by atoms with Crippen molar-refractivity contribution in [2.75, 3.05) is 13.2 Å². The zero-order chi connectivity index (χ0) is 17.6. The number of aliphatic hydroxyl groups is 1. The zero-order valence-electron chi connectivity index (χ0n) is 14.1. The lowest BCUT2D eigenvalue weighted by Gasteiger charge is -2.20. The van der Waals surface area contributed by atoms with E-state index in [1.54, 1.807) is 29.0 Å². The summed E-state index contributed by atoms with van der Waals surface area (Å²) in [5, 5.41) is 17.7. The van der Waals surface area contributed by atoms with E-state index in [1.807, 2.05) is 41.2 Å². The minimum atomic E-state index is -0.155. The smallest absolute Gasteiger partial charge is 0.257 e. The molecule has 130 valence electrons. The predicted octanol–water partition coefficient (Wildman–Crippen LogP) is 1.30. The van der Waals surface area contributed by atoms with Crippen LogP contribution in [0.2, 0.25) is 0 Å². The van der Waals surface area contributed by atoms with E-state index in [2.05, 4.69) is 10.2 Å². The molecule has 1 amide bonds. The highest BCUT2D eigenvalue weighted by atomic mass is 16.3. The van der Waals surface area contributed by atoms with Crippen LogP contribution in [0.15, 0.2) is 55.1 Å². The van der Waals surface area contributed by atoms with Crippen LogP contribution in [0.5, 0.6) is 0 Å². The molecule has 0 atom stereocenters. The van der Waals surface area contributed by atoms with Gasteiger partial charge >= 0.3 is 0 Å². The molecule has 0 fully saturated rings. The summed E-state index contributed by atoms with van der Waals surface area (Å²) in [4.78, 5) is 14.2. The first kappa shape index (κ1) is 16.9. The van der Waals surface area contributed by atoms with Gasteiger partial charge < -0.3 is 10.0 Å². The number of carbonyl (C=O) groups is 1. The Morgan fingerprint density at radius 2 is 1.92 bits per heavy atom. The molecular weight excluding hydrogens is 318 g/mol. The molecule has 0 bridgehead atoms. The van der Waals surface area contributed by atoms with Crippen LogP contribution in [0.25, 0.3) is 0 Å². The Hall–Kier alpha value is -2.93. The summed E-state index contributed by atoms with van der Waals surface area (Å²) in [6.45, 7) is 1.24. The third kappa shape index (κ3) is 4.33. The minimum Gasteiger partial charge on any atom is -0.395 e. The highest BCUT2D eigenvalue weighted by molar-refractivity contribution is 5.93. The summed E-state index contributed by atoms with van der Waals surface area (Å²) >= 11 is 0. The molecule has 3 aromatic rings. The summed E-state index contributed by atoms with van der Waals surface area (Å²) in [5.41, 5.74) is 2.59. The summed E-state index contributed by atoms with van der Waals surface area (Å²) in [6, 6.07) is 10.1. The Kier molecular flexibility index (Phi) is 5.25. The van der Waals surface area contributed by atoms with Gasteiger partial charge in [0.25, 0.3) is 5.91 Å². The van der Waals surface area contributed by atoms with Crippen molar-refractivity contribution in [3.8, 4) is 0 Å². The number of benzene rings is 1. The summed E-state index contributed by atoms with van der Waals surface area (Å²) in [7, 11) is 1.76. The summed E-state index contributed by atoms with van der Waals surface area (Å²) in [5.74, 6) is -0.155. The second kappa shape index (κ2) is 7.76. The zero-order valence-corrected chi connectivity index (χ0v) is 14.1. The van der Waals surface area contributed by atoms with Gasteiger partial charge in [-0.1, -0.05) is 30.3 Å². The van der Waals surface area contributed by atoms with Crippen molar-refractivity contribution in [1.29, 1.82) is 0 Å². The van der Waals surface area contributed by atoms with Crippen molar-refractivity contribution >= 4 is 5.91 Å². The fraction of sp³-hybridized carbons (Fsp3) is 0.278. The molecule has 1 aromatic carbocycles. The first-order chi connectivity index (χ1) is 12.2. The molecule has 0 radical (unpaired) electrons. The van der Waals surface area contributed by atoms with Crippen molar-refractivity contribution in [3.05, 3.63) is 71.8 Å². The van der Waals surface area contributed by atoms with E-state index in [0.717, 1.165) is 11.1 Å². The third-order valence-corrected chi connectivity index (χ3v) is 3.86. The van der Waals surface area contributed by atoms with Crippen LogP contribution in [0.4, 0.5) is 0 Å². The molecular formula is C18H21N5O2. The number of nitrogens with zero attached hydrogens (tertiary/aromatic N) is 5. The van der Waals surface area contributed by atoms with E-state index in [-0.39, 0.29) is 19.1 Å². The second-order valence-electron chi connectivity index (χ2n) is 5.88. The molecule has 0 aliphatic heterocycles. The van der Waals surface area contributed by atoms with Gasteiger partial charge in [0.2, 0.25) is 0 Å². The molecule has 0 saturated heterocycles. The van der Waals surface area contributed by atoms with Crippen molar-refractivity contribution < 1.29 is 9.90 Å². The van der Waals surface area contributed by atoms with Crippen LogP contribution in [-0.2, 0) is 20.1 Å². The van der Waals surface area contributed by atoms with E-state index in [9.17, 15) is 9.90 Å². The maximum Gasteiger partial charge on any atom is 0.257 e. The van der Waals surface area contributed by atoms with Gasteiger partial charge in [-0.3, -0.25) is 14.2 Å². The fourth-order valence-corrected chi connectivity index (χ4v) is 2.65. The quantitative estimate of drug-likeness (QED) is 0.704. The Morgan fingerprint density at radius 1 is 1.12 bits per heavy atom. The van der Waals surface area contributed by atoms with E-state index >= 15 is 0 Å². The highest BCUT2D eigenvalue weighted by Gasteiger charge is 2.18. The van der Waals surface area contributed by atoms with E-state index in [0.29, 0.717) is 18.7 Å². The minimum absolute atomic E-state index is 0.0931. The molecule has 7 nitrogen and oxygen atoms in total. The average molecular weight is 339 g/mol. The molecule has 2 aromatic heterocycles. The molecule has 2 heterocycles. The number of hydrogen-bond acceptors (Lipinski definition) is 4. The van der Waals surface area contributed by atoms with E-state index in [4.69, 9.17) is 0 Å². The molecule has 3 rings (SSSR count). The van der Waals surface area contributed by atoms with Crippen LogP contribution in [0, 0.1) is 0 Å². The van der Waals surface area contributed by atoms with Gasteiger partial charge in [-0.25, -0.2) is 0 Å². The first-order valence-electron chi connectivity index (χ1n) is 8.10. The number of aryl methyl sites for hydroxylation is 1. The van der Waals surface area contributed by atoms with Crippen LogP contribution in [0.3, 0.4) is 0 Å². The van der Waals surface area contributed by atoms with Crippen molar-refractivity contribution in [2.45, 2.75) is 13.1 Å². The van der Waals surface area contributed by atoms with Gasteiger partial charge in [0, 0.05) is 38.1 Å². The lowest BCUT2D eigenvalue weighted by Crippen LogP contribution is -2.32. The number of aromatic nitrogens is 4. The Balaban J connectivity index is 1.69. The maximum atomic E-state index is 12.6. The number of hydrogen-bond donors (Lipinski definition) is 1. The van der Waals surface area contributed by atoms with Crippen LogP contribution in [-0.4, -0.2) is 48.6 Å². The SMILES string of the molecule is Cn1cc(C(=O)N(CCO)Cc2cnn(Cc3ccccc3)c2)cn1.